The third-order valence-electron chi connectivity index (χ3n) is 6.55. The summed E-state index contributed by atoms with van der Waals surface area (Å²) in [7, 11) is 1.65. The number of anilines is 1. The topological polar surface area (TPSA) is 70.2 Å². The first kappa shape index (κ1) is 25.5. The van der Waals surface area contributed by atoms with Gasteiger partial charge in [-0.2, -0.15) is 0 Å². The summed E-state index contributed by atoms with van der Waals surface area (Å²) in [5.74, 6) is -0.0726. The Morgan fingerprint density at radius 1 is 0.974 bits per heavy atom. The molecule has 0 N–H and O–H groups in total. The zero-order valence-corrected chi connectivity index (χ0v) is 21.6. The molecule has 0 bridgehead atoms. The SMILES string of the molecule is COc1ccccc1N1CCN(C(=O)c2ccc(/C=C3\SC(=O)N(Cc4cccc(F)c4)C3=O)cc2)CC1. The molecule has 2 aliphatic heterocycles. The molecule has 194 valence electrons. The lowest BCUT2D eigenvalue weighted by molar-refractivity contribution is -0.123. The van der Waals surface area contributed by atoms with E-state index in [-0.39, 0.29) is 17.4 Å². The van der Waals surface area contributed by atoms with Crippen LogP contribution in [0.3, 0.4) is 0 Å². The molecular weight excluding hydrogens is 505 g/mol. The van der Waals surface area contributed by atoms with E-state index < -0.39 is 17.0 Å². The van der Waals surface area contributed by atoms with Crippen LogP contribution in [-0.2, 0) is 11.3 Å². The monoisotopic (exact) mass is 531 g/mol. The van der Waals surface area contributed by atoms with Gasteiger partial charge in [-0.1, -0.05) is 36.4 Å². The molecule has 2 fully saturated rings. The summed E-state index contributed by atoms with van der Waals surface area (Å²) in [5.41, 5.74) is 2.83. The van der Waals surface area contributed by atoms with Gasteiger partial charge in [-0.25, -0.2) is 4.39 Å². The molecule has 0 unspecified atom stereocenters. The van der Waals surface area contributed by atoms with E-state index in [1.165, 1.54) is 12.1 Å². The molecule has 7 nitrogen and oxygen atoms in total. The number of carbonyl (C=O) groups is 3. The maximum absolute atomic E-state index is 13.5. The predicted octanol–water partition coefficient (Wildman–Crippen LogP) is 5.03. The van der Waals surface area contributed by atoms with Crippen LogP contribution >= 0.6 is 11.8 Å². The number of benzene rings is 3. The minimum absolute atomic E-state index is 0.0114. The van der Waals surface area contributed by atoms with Crippen molar-refractivity contribution in [2.24, 2.45) is 0 Å². The van der Waals surface area contributed by atoms with E-state index in [9.17, 15) is 18.8 Å². The molecule has 0 aromatic heterocycles. The van der Waals surface area contributed by atoms with Gasteiger partial charge in [0, 0.05) is 31.7 Å². The van der Waals surface area contributed by atoms with Gasteiger partial charge in [0.2, 0.25) is 0 Å². The summed E-state index contributed by atoms with van der Waals surface area (Å²) in [6.07, 6.45) is 1.64. The number of amides is 3. The van der Waals surface area contributed by atoms with Crippen LogP contribution < -0.4 is 9.64 Å². The number of halogens is 1. The molecule has 0 saturated carbocycles. The summed E-state index contributed by atoms with van der Waals surface area (Å²) in [4.78, 5) is 43.8. The van der Waals surface area contributed by atoms with Crippen molar-refractivity contribution in [2.45, 2.75) is 6.54 Å². The molecule has 0 radical (unpaired) electrons. The van der Waals surface area contributed by atoms with Crippen molar-refractivity contribution in [2.75, 3.05) is 38.2 Å². The minimum atomic E-state index is -0.419. The Balaban J connectivity index is 1.21. The second-order valence-electron chi connectivity index (χ2n) is 8.97. The van der Waals surface area contributed by atoms with Crippen molar-refractivity contribution < 1.29 is 23.5 Å². The molecule has 0 spiro atoms. The number of methoxy groups -OCH3 is 1. The number of para-hydroxylation sites is 2. The highest BCUT2D eigenvalue weighted by Gasteiger charge is 2.35. The summed E-state index contributed by atoms with van der Waals surface area (Å²) in [6, 6.07) is 20.7. The minimum Gasteiger partial charge on any atom is -0.495 e. The van der Waals surface area contributed by atoms with Crippen molar-refractivity contribution >= 4 is 40.6 Å². The lowest BCUT2D eigenvalue weighted by Gasteiger charge is -2.36. The molecule has 5 rings (SSSR count). The molecule has 3 aromatic rings. The van der Waals surface area contributed by atoms with Crippen molar-refractivity contribution in [1.29, 1.82) is 0 Å². The maximum Gasteiger partial charge on any atom is 0.293 e. The Kier molecular flexibility index (Phi) is 7.46. The van der Waals surface area contributed by atoms with Crippen LogP contribution in [0.5, 0.6) is 5.75 Å². The van der Waals surface area contributed by atoms with Crippen LogP contribution in [0.4, 0.5) is 14.9 Å². The molecule has 0 aliphatic carbocycles. The normalized spacial score (nSPS) is 16.9. The zero-order chi connectivity index (χ0) is 26.6. The van der Waals surface area contributed by atoms with Gasteiger partial charge >= 0.3 is 0 Å². The van der Waals surface area contributed by atoms with Crippen LogP contribution in [0.2, 0.25) is 0 Å². The molecule has 2 saturated heterocycles. The van der Waals surface area contributed by atoms with Gasteiger partial charge in [-0.05, 0) is 65.4 Å². The summed E-state index contributed by atoms with van der Waals surface area (Å²) in [6.45, 7) is 2.61. The number of hydrogen-bond acceptors (Lipinski definition) is 6. The van der Waals surface area contributed by atoms with Gasteiger partial charge in [0.05, 0.1) is 24.2 Å². The van der Waals surface area contributed by atoms with E-state index >= 15 is 0 Å². The molecule has 9 heteroatoms. The average molecular weight is 532 g/mol. The Morgan fingerprint density at radius 2 is 1.71 bits per heavy atom. The van der Waals surface area contributed by atoms with Crippen LogP contribution in [0.25, 0.3) is 6.08 Å². The molecule has 3 amide bonds. The fourth-order valence-corrected chi connectivity index (χ4v) is 5.39. The summed E-state index contributed by atoms with van der Waals surface area (Å²) >= 11 is 0.850. The fraction of sp³-hybridized carbons (Fsp3) is 0.207. The van der Waals surface area contributed by atoms with Crippen LogP contribution in [-0.4, -0.2) is 60.1 Å². The molecule has 3 aromatic carbocycles. The van der Waals surface area contributed by atoms with E-state index in [0.29, 0.717) is 42.9 Å². The number of piperazine rings is 1. The Labute approximate surface area is 224 Å². The lowest BCUT2D eigenvalue weighted by Crippen LogP contribution is -2.48. The number of nitrogens with zero attached hydrogens (tertiary/aromatic N) is 3. The Bertz CT molecular complexity index is 1400. The standard InChI is InChI=1S/C29H26FN3O4S/c1-37-25-8-3-2-7-24(25)31-13-15-32(16-14-31)27(34)22-11-9-20(10-12-22)18-26-28(35)33(29(36)38-26)19-21-5-4-6-23(30)17-21/h2-12,17-18H,13-16,19H2,1H3/b26-18-. The van der Waals surface area contributed by atoms with Gasteiger partial charge in [0.15, 0.2) is 0 Å². The number of hydrogen-bond donors (Lipinski definition) is 0. The number of carbonyl (C=O) groups excluding carboxylic acids is 3. The van der Waals surface area contributed by atoms with E-state index in [0.717, 1.165) is 28.1 Å². The molecule has 2 heterocycles. The van der Waals surface area contributed by atoms with Gasteiger partial charge in [0.25, 0.3) is 17.1 Å². The van der Waals surface area contributed by atoms with Crippen LogP contribution in [0.15, 0.2) is 77.7 Å². The fourth-order valence-electron chi connectivity index (χ4n) is 4.55. The Morgan fingerprint density at radius 3 is 2.42 bits per heavy atom. The first-order valence-electron chi connectivity index (χ1n) is 12.2. The van der Waals surface area contributed by atoms with Gasteiger partial charge < -0.3 is 14.5 Å². The second-order valence-corrected chi connectivity index (χ2v) is 9.96. The summed E-state index contributed by atoms with van der Waals surface area (Å²) in [5, 5.41) is -0.399. The van der Waals surface area contributed by atoms with Gasteiger partial charge in [-0.3, -0.25) is 19.3 Å². The second kappa shape index (κ2) is 11.1. The van der Waals surface area contributed by atoms with Crippen LogP contribution in [0, 0.1) is 5.82 Å². The highest BCUT2D eigenvalue weighted by molar-refractivity contribution is 8.18. The molecule has 38 heavy (non-hydrogen) atoms. The predicted molar refractivity (Wildman–Crippen MR) is 145 cm³/mol. The third-order valence-corrected chi connectivity index (χ3v) is 7.46. The number of imide groups is 1. The van der Waals surface area contributed by atoms with Gasteiger partial charge in [-0.15, -0.1) is 0 Å². The number of ether oxygens (including phenoxy) is 1. The van der Waals surface area contributed by atoms with E-state index in [1.54, 1.807) is 49.6 Å². The Hall–Kier alpha value is -4.11. The van der Waals surface area contributed by atoms with E-state index in [2.05, 4.69) is 4.90 Å². The van der Waals surface area contributed by atoms with Crippen molar-refractivity contribution in [3.63, 3.8) is 0 Å². The van der Waals surface area contributed by atoms with Gasteiger partial charge in [0.1, 0.15) is 11.6 Å². The van der Waals surface area contributed by atoms with Crippen LogP contribution in [0.1, 0.15) is 21.5 Å². The first-order chi connectivity index (χ1) is 18.4. The van der Waals surface area contributed by atoms with E-state index in [4.69, 9.17) is 4.74 Å². The average Bonchev–Trinajstić information content (AvgIpc) is 3.20. The lowest BCUT2D eigenvalue weighted by atomic mass is 10.1. The van der Waals surface area contributed by atoms with E-state index in [1.807, 2.05) is 29.2 Å². The van der Waals surface area contributed by atoms with Crippen molar-refractivity contribution in [1.82, 2.24) is 9.80 Å². The maximum atomic E-state index is 13.5. The molecule has 0 atom stereocenters. The molecular formula is C29H26FN3O4S. The number of thioether (sulfide) groups is 1. The smallest absolute Gasteiger partial charge is 0.293 e. The number of rotatable bonds is 6. The largest absolute Gasteiger partial charge is 0.495 e. The van der Waals surface area contributed by atoms with Crippen molar-refractivity contribution in [3.8, 4) is 5.75 Å². The zero-order valence-electron chi connectivity index (χ0n) is 20.8. The highest BCUT2D eigenvalue weighted by atomic mass is 32.2. The first-order valence-corrected chi connectivity index (χ1v) is 13.0. The molecule has 2 aliphatic rings. The quantitative estimate of drug-likeness (QED) is 0.416. The summed E-state index contributed by atoms with van der Waals surface area (Å²) < 4.78 is 19.0. The van der Waals surface area contributed by atoms with Crippen molar-refractivity contribution in [3.05, 3.63) is 100 Å². The highest BCUT2D eigenvalue weighted by Crippen LogP contribution is 2.33. The third kappa shape index (κ3) is 5.43.